The van der Waals surface area contributed by atoms with Crippen LogP contribution in [0, 0.1) is 10.1 Å². The molecule has 0 aliphatic carbocycles. The van der Waals surface area contributed by atoms with Crippen molar-refractivity contribution in [2.24, 2.45) is 5.73 Å². The Morgan fingerprint density at radius 3 is 2.78 bits per heavy atom. The number of hydrogen-bond acceptors (Lipinski definition) is 5. The van der Waals surface area contributed by atoms with Gasteiger partial charge in [-0.1, -0.05) is 0 Å². The van der Waals surface area contributed by atoms with Crippen LogP contribution < -0.4 is 15.8 Å². The van der Waals surface area contributed by atoms with E-state index in [0.29, 0.717) is 12.4 Å². The highest BCUT2D eigenvalue weighted by Crippen LogP contribution is 2.29. The molecule has 1 rings (SSSR count). The number of nitro groups is 1. The zero-order valence-electron chi connectivity index (χ0n) is 10.2. The molecule has 18 heavy (non-hydrogen) atoms. The van der Waals surface area contributed by atoms with Gasteiger partial charge in [-0.15, -0.1) is 0 Å². The first-order valence-corrected chi connectivity index (χ1v) is 5.43. The molecule has 0 spiro atoms. The molecule has 0 bridgehead atoms. The van der Waals surface area contributed by atoms with E-state index in [2.05, 4.69) is 5.32 Å². The van der Waals surface area contributed by atoms with Crippen molar-refractivity contribution in [2.75, 3.05) is 11.9 Å². The quantitative estimate of drug-likeness (QED) is 0.607. The van der Waals surface area contributed by atoms with Gasteiger partial charge in [-0.05, 0) is 26.0 Å². The van der Waals surface area contributed by atoms with E-state index in [1.54, 1.807) is 13.0 Å². The summed E-state index contributed by atoms with van der Waals surface area (Å²) in [6, 6.07) is 3.49. The maximum Gasteiger partial charge on any atom is 0.296 e. The molecule has 0 fully saturated rings. The molecule has 1 amide bonds. The summed E-state index contributed by atoms with van der Waals surface area (Å²) in [5.41, 5.74) is 5.26. The van der Waals surface area contributed by atoms with Crippen LogP contribution in [0.25, 0.3) is 0 Å². The van der Waals surface area contributed by atoms with Crippen molar-refractivity contribution in [3.63, 3.8) is 0 Å². The molecule has 98 valence electrons. The van der Waals surface area contributed by atoms with Crippen LogP contribution in [0.4, 0.5) is 11.4 Å². The van der Waals surface area contributed by atoms with Gasteiger partial charge in [-0.3, -0.25) is 14.9 Å². The molecule has 0 saturated heterocycles. The number of nitro benzene ring substituents is 1. The molecule has 1 atom stereocenters. The highest BCUT2D eigenvalue weighted by molar-refractivity contribution is 5.96. The zero-order chi connectivity index (χ0) is 13.7. The number of carbonyl (C=O) groups is 1. The molecule has 0 aliphatic rings. The lowest BCUT2D eigenvalue weighted by Crippen LogP contribution is -2.32. The Labute approximate surface area is 104 Å². The van der Waals surface area contributed by atoms with Crippen molar-refractivity contribution in [3.05, 3.63) is 28.3 Å². The maximum atomic E-state index is 11.4. The topological polar surface area (TPSA) is 107 Å². The van der Waals surface area contributed by atoms with Crippen LogP contribution in [0.15, 0.2) is 18.2 Å². The number of rotatable bonds is 5. The van der Waals surface area contributed by atoms with Crippen LogP contribution in [-0.2, 0) is 4.79 Å². The number of anilines is 1. The van der Waals surface area contributed by atoms with Crippen molar-refractivity contribution in [1.29, 1.82) is 0 Å². The van der Waals surface area contributed by atoms with Crippen molar-refractivity contribution >= 4 is 17.3 Å². The van der Waals surface area contributed by atoms with Gasteiger partial charge in [0.05, 0.1) is 23.6 Å². The van der Waals surface area contributed by atoms with E-state index in [9.17, 15) is 14.9 Å². The van der Waals surface area contributed by atoms with E-state index in [-0.39, 0.29) is 11.4 Å². The monoisotopic (exact) mass is 253 g/mol. The molecule has 7 nitrogen and oxygen atoms in total. The number of hydrogen-bond donors (Lipinski definition) is 2. The van der Waals surface area contributed by atoms with Crippen LogP contribution in [0.5, 0.6) is 5.75 Å². The molecule has 1 aromatic rings. The Morgan fingerprint density at radius 2 is 2.28 bits per heavy atom. The summed E-state index contributed by atoms with van der Waals surface area (Å²) in [6.07, 6.45) is 0. The molecule has 1 aromatic carbocycles. The van der Waals surface area contributed by atoms with E-state index in [1.165, 1.54) is 19.1 Å². The normalized spacial score (nSPS) is 11.7. The molecule has 0 saturated carbocycles. The van der Waals surface area contributed by atoms with Crippen molar-refractivity contribution in [3.8, 4) is 5.75 Å². The molecule has 7 heteroatoms. The van der Waals surface area contributed by atoms with Gasteiger partial charge >= 0.3 is 0 Å². The van der Waals surface area contributed by atoms with Gasteiger partial charge in [0.15, 0.2) is 0 Å². The van der Waals surface area contributed by atoms with Crippen LogP contribution in [-0.4, -0.2) is 23.5 Å². The standard InChI is InChI=1S/C11H15N3O4/c1-3-18-8-4-5-9(10(6-8)14(16)17)13-11(15)7(2)12/h4-7H,3,12H2,1-2H3,(H,13,15). The SMILES string of the molecule is CCOc1ccc(NC(=O)C(C)N)c([N+](=O)[O-])c1. The third-order valence-electron chi connectivity index (χ3n) is 2.15. The number of amides is 1. The molecule has 1 unspecified atom stereocenters. The lowest BCUT2D eigenvalue weighted by Gasteiger charge is -2.09. The number of carbonyl (C=O) groups excluding carboxylic acids is 1. The van der Waals surface area contributed by atoms with Gasteiger partial charge in [0.25, 0.3) is 5.69 Å². The van der Waals surface area contributed by atoms with E-state index in [0.717, 1.165) is 0 Å². The molecule has 0 aromatic heterocycles. The number of nitrogens with zero attached hydrogens (tertiary/aromatic N) is 1. The number of benzene rings is 1. The Hall–Kier alpha value is -2.15. The van der Waals surface area contributed by atoms with Crippen molar-refractivity contribution in [2.45, 2.75) is 19.9 Å². The number of nitrogens with one attached hydrogen (secondary N) is 1. The average molecular weight is 253 g/mol. The Balaban J connectivity index is 3.04. The van der Waals surface area contributed by atoms with E-state index in [1.807, 2.05) is 0 Å². The second-order valence-corrected chi connectivity index (χ2v) is 3.65. The summed E-state index contributed by atoms with van der Waals surface area (Å²) >= 11 is 0. The van der Waals surface area contributed by atoms with Gasteiger partial charge in [-0.2, -0.15) is 0 Å². The third kappa shape index (κ3) is 3.42. The Morgan fingerprint density at radius 1 is 1.61 bits per heavy atom. The summed E-state index contributed by atoms with van der Waals surface area (Å²) in [5, 5.41) is 13.3. The second-order valence-electron chi connectivity index (χ2n) is 3.65. The maximum absolute atomic E-state index is 11.4. The molecule has 0 aliphatic heterocycles. The van der Waals surface area contributed by atoms with Crippen LogP contribution in [0.2, 0.25) is 0 Å². The number of ether oxygens (including phenoxy) is 1. The predicted molar refractivity (Wildman–Crippen MR) is 66.5 cm³/mol. The van der Waals surface area contributed by atoms with Gasteiger partial charge in [-0.25, -0.2) is 0 Å². The average Bonchev–Trinajstić information content (AvgIpc) is 2.30. The molecule has 0 radical (unpaired) electrons. The summed E-state index contributed by atoms with van der Waals surface area (Å²) < 4.78 is 5.16. The summed E-state index contributed by atoms with van der Waals surface area (Å²) in [6.45, 7) is 3.68. The second kappa shape index (κ2) is 5.97. The lowest BCUT2D eigenvalue weighted by atomic mass is 10.2. The first-order chi connectivity index (χ1) is 8.45. The first kappa shape index (κ1) is 13.9. The van der Waals surface area contributed by atoms with E-state index in [4.69, 9.17) is 10.5 Å². The zero-order valence-corrected chi connectivity index (χ0v) is 10.2. The van der Waals surface area contributed by atoms with Gasteiger partial charge < -0.3 is 15.8 Å². The first-order valence-electron chi connectivity index (χ1n) is 5.43. The van der Waals surface area contributed by atoms with Crippen LogP contribution in [0.1, 0.15) is 13.8 Å². The predicted octanol–water partition coefficient (Wildman–Crippen LogP) is 1.28. The highest BCUT2D eigenvalue weighted by atomic mass is 16.6. The highest BCUT2D eigenvalue weighted by Gasteiger charge is 2.18. The van der Waals surface area contributed by atoms with Crippen LogP contribution in [0.3, 0.4) is 0 Å². The fraction of sp³-hybridized carbons (Fsp3) is 0.364. The van der Waals surface area contributed by atoms with Crippen LogP contribution >= 0.6 is 0 Å². The van der Waals surface area contributed by atoms with Gasteiger partial charge in [0.1, 0.15) is 11.4 Å². The molecule has 0 heterocycles. The van der Waals surface area contributed by atoms with E-state index >= 15 is 0 Å². The Kier molecular flexibility index (Phi) is 4.61. The smallest absolute Gasteiger partial charge is 0.296 e. The largest absolute Gasteiger partial charge is 0.494 e. The fourth-order valence-electron chi connectivity index (χ4n) is 1.27. The lowest BCUT2D eigenvalue weighted by molar-refractivity contribution is -0.384. The third-order valence-corrected chi connectivity index (χ3v) is 2.15. The summed E-state index contributed by atoms with van der Waals surface area (Å²) in [7, 11) is 0. The summed E-state index contributed by atoms with van der Waals surface area (Å²) in [4.78, 5) is 21.7. The minimum Gasteiger partial charge on any atom is -0.494 e. The van der Waals surface area contributed by atoms with Gasteiger partial charge in [0.2, 0.25) is 5.91 Å². The van der Waals surface area contributed by atoms with Crippen molar-refractivity contribution < 1.29 is 14.5 Å². The fourth-order valence-corrected chi connectivity index (χ4v) is 1.27. The van der Waals surface area contributed by atoms with Crippen molar-refractivity contribution in [1.82, 2.24) is 0 Å². The van der Waals surface area contributed by atoms with Gasteiger partial charge in [0, 0.05) is 0 Å². The molecular formula is C11H15N3O4. The summed E-state index contributed by atoms with van der Waals surface area (Å²) in [5.74, 6) is -0.106. The molecular weight excluding hydrogens is 238 g/mol. The minimum absolute atomic E-state index is 0.103. The number of nitrogens with two attached hydrogens (primary N) is 1. The Bertz CT molecular complexity index is 460. The molecule has 3 N–H and O–H groups in total. The van der Waals surface area contributed by atoms with E-state index < -0.39 is 16.9 Å². The minimum atomic E-state index is -0.740.